The lowest BCUT2D eigenvalue weighted by atomic mass is 9.95. The fraction of sp³-hybridized carbons (Fsp3) is 0.0714. The number of rotatable bonds is 10. The van der Waals surface area contributed by atoms with Crippen LogP contribution in [0.15, 0.2) is 72.8 Å². The molecular weight excluding hydrogens is 478 g/mol. The van der Waals surface area contributed by atoms with Gasteiger partial charge < -0.3 is 18.9 Å². The Bertz CT molecular complexity index is 1300. The molecule has 0 spiro atoms. The monoisotopic (exact) mass is 497 g/mol. The zero-order chi connectivity index (χ0) is 26.6. The third kappa shape index (κ3) is 7.74. The van der Waals surface area contributed by atoms with Crippen LogP contribution in [-0.4, -0.2) is 30.1 Å². The Morgan fingerprint density at radius 1 is 0.757 bits per heavy atom. The maximum Gasteiger partial charge on any atom is 0.358 e. The van der Waals surface area contributed by atoms with Gasteiger partial charge in [0, 0.05) is 12.1 Å². The van der Waals surface area contributed by atoms with Crippen molar-refractivity contribution >= 4 is 29.3 Å². The summed E-state index contributed by atoms with van der Waals surface area (Å²) in [6.07, 6.45) is 15.3. The van der Waals surface area contributed by atoms with E-state index >= 15 is 0 Å². The second-order valence-electron chi connectivity index (χ2n) is 7.22. The van der Waals surface area contributed by atoms with Crippen molar-refractivity contribution in [2.75, 3.05) is 13.2 Å². The van der Waals surface area contributed by atoms with E-state index in [4.69, 9.17) is 22.3 Å². The summed E-state index contributed by atoms with van der Waals surface area (Å²) < 4.78 is 19.5. The molecule has 0 fully saturated rings. The van der Waals surface area contributed by atoms with Crippen molar-refractivity contribution in [1.82, 2.24) is 0 Å². The van der Waals surface area contributed by atoms with E-state index in [2.05, 4.69) is 9.47 Å². The molecule has 0 atom stereocenters. The van der Waals surface area contributed by atoms with Crippen molar-refractivity contribution in [1.29, 1.82) is 0 Å². The van der Waals surface area contributed by atoms with Crippen molar-refractivity contribution < 1.29 is 33.5 Å². The fourth-order valence-electron chi connectivity index (χ4n) is 3.13. The lowest BCUT2D eigenvalue weighted by Crippen LogP contribution is -2.12. The van der Waals surface area contributed by atoms with E-state index in [0.717, 1.165) is 22.3 Å². The quantitative estimate of drug-likeness (QED) is 0.135. The average molecular weight is 497 g/mol. The van der Waals surface area contributed by atoms with Gasteiger partial charge in [-0.3, -0.25) is 10.1 Å². The Morgan fingerprint density at radius 2 is 1.19 bits per heavy atom. The first-order valence-corrected chi connectivity index (χ1v) is 10.6. The van der Waals surface area contributed by atoms with Gasteiger partial charge in [0.2, 0.25) is 0 Å². The van der Waals surface area contributed by atoms with E-state index in [-0.39, 0.29) is 18.9 Å². The van der Waals surface area contributed by atoms with E-state index < -0.39 is 16.9 Å². The number of non-ortho nitro benzene ring substituents is 1. The van der Waals surface area contributed by atoms with Crippen LogP contribution in [0.4, 0.5) is 5.69 Å². The van der Waals surface area contributed by atoms with Crippen LogP contribution < -0.4 is 9.47 Å². The van der Waals surface area contributed by atoms with Gasteiger partial charge in [-0.15, -0.1) is 0 Å². The molecule has 0 aliphatic rings. The SMILES string of the molecule is C#COC(=O)COc1ccc(C(=Cc2ccc([N+](=O)[O-])cc2)c2ccc(OCC(=O)OC#C)cc2)cc1. The minimum Gasteiger partial charge on any atom is -0.482 e. The molecule has 37 heavy (non-hydrogen) atoms. The van der Waals surface area contributed by atoms with Crippen LogP contribution in [-0.2, 0) is 19.1 Å². The van der Waals surface area contributed by atoms with E-state index in [1.54, 1.807) is 72.9 Å². The number of benzene rings is 3. The van der Waals surface area contributed by atoms with Crippen molar-refractivity contribution in [3.63, 3.8) is 0 Å². The smallest absolute Gasteiger partial charge is 0.358 e. The van der Waals surface area contributed by atoms with Gasteiger partial charge in [-0.25, -0.2) is 9.59 Å². The first kappa shape index (κ1) is 26.1. The van der Waals surface area contributed by atoms with Crippen molar-refractivity contribution in [2.24, 2.45) is 0 Å². The van der Waals surface area contributed by atoms with E-state index in [0.29, 0.717) is 11.5 Å². The predicted octanol–water partition coefficient (Wildman–Crippen LogP) is 4.21. The zero-order valence-electron chi connectivity index (χ0n) is 19.3. The highest BCUT2D eigenvalue weighted by Gasteiger charge is 2.10. The van der Waals surface area contributed by atoms with Crippen molar-refractivity contribution in [3.05, 3.63) is 99.6 Å². The number of nitrogens with zero attached hydrogens (tertiary/aromatic N) is 1. The molecule has 0 heterocycles. The van der Waals surface area contributed by atoms with Crippen molar-refractivity contribution in [3.8, 4) is 36.6 Å². The lowest BCUT2D eigenvalue weighted by Gasteiger charge is -2.12. The summed E-state index contributed by atoms with van der Waals surface area (Å²) in [6.45, 7) is -0.684. The number of ether oxygens (including phenoxy) is 4. The number of nitro benzene ring substituents is 1. The number of nitro groups is 1. The normalized spacial score (nSPS) is 9.68. The van der Waals surface area contributed by atoms with Crippen LogP contribution in [0.1, 0.15) is 16.7 Å². The highest BCUT2D eigenvalue weighted by Crippen LogP contribution is 2.29. The molecule has 0 aliphatic carbocycles. The lowest BCUT2D eigenvalue weighted by molar-refractivity contribution is -0.384. The topological polar surface area (TPSA) is 114 Å². The largest absolute Gasteiger partial charge is 0.482 e. The van der Waals surface area contributed by atoms with Crippen LogP contribution in [0.3, 0.4) is 0 Å². The van der Waals surface area contributed by atoms with Gasteiger partial charge in [-0.05, 0) is 64.7 Å². The number of hydrogen-bond acceptors (Lipinski definition) is 8. The molecule has 0 saturated carbocycles. The molecule has 3 aromatic rings. The second kappa shape index (κ2) is 12.8. The molecule has 0 unspecified atom stereocenters. The summed E-state index contributed by atoms with van der Waals surface area (Å²) >= 11 is 0. The molecular formula is C28H19NO8. The number of esters is 2. The number of terminal acetylenes is 2. The Balaban J connectivity index is 1.88. The number of carbonyl (C=O) groups excluding carboxylic acids is 2. The molecule has 0 aliphatic heterocycles. The third-order valence-electron chi connectivity index (χ3n) is 4.80. The Hall–Kier alpha value is -5.54. The third-order valence-corrected chi connectivity index (χ3v) is 4.80. The summed E-state index contributed by atoms with van der Waals surface area (Å²) in [7, 11) is 0. The van der Waals surface area contributed by atoms with E-state index in [1.807, 2.05) is 6.08 Å². The van der Waals surface area contributed by atoms with Gasteiger partial charge in [-0.1, -0.05) is 37.1 Å². The summed E-state index contributed by atoms with van der Waals surface area (Å²) in [5, 5.41) is 11.0. The summed E-state index contributed by atoms with van der Waals surface area (Å²) in [6, 6.07) is 20.0. The van der Waals surface area contributed by atoms with Crippen LogP contribution in [0.2, 0.25) is 0 Å². The van der Waals surface area contributed by atoms with Crippen LogP contribution >= 0.6 is 0 Å². The minimum absolute atomic E-state index is 0.0200. The van der Waals surface area contributed by atoms with Gasteiger partial charge in [-0.2, -0.15) is 0 Å². The molecule has 3 aromatic carbocycles. The van der Waals surface area contributed by atoms with Gasteiger partial charge in [0.1, 0.15) is 23.7 Å². The summed E-state index contributed by atoms with van der Waals surface area (Å²) in [4.78, 5) is 33.3. The molecule has 0 radical (unpaired) electrons. The predicted molar refractivity (Wildman–Crippen MR) is 134 cm³/mol. The van der Waals surface area contributed by atoms with Crippen molar-refractivity contribution in [2.45, 2.75) is 0 Å². The molecule has 3 rings (SSSR count). The highest BCUT2D eigenvalue weighted by atomic mass is 16.6. The molecule has 0 aromatic heterocycles. The number of hydrogen-bond donors (Lipinski definition) is 0. The minimum atomic E-state index is -0.694. The Labute approximate surface area is 212 Å². The zero-order valence-corrected chi connectivity index (χ0v) is 19.3. The second-order valence-corrected chi connectivity index (χ2v) is 7.22. The Kier molecular flexibility index (Phi) is 9.01. The standard InChI is InChI=1S/C28H19NO8/c1-3-34-27(30)18-36-24-13-7-21(8-14-24)26(17-20-5-11-23(12-6-20)29(32)33)22-9-15-25(16-10-22)37-19-28(31)35-4-2/h1-2,5-17H,18-19H2. The molecule has 0 bridgehead atoms. The van der Waals surface area contributed by atoms with Gasteiger partial charge >= 0.3 is 11.9 Å². The maximum absolute atomic E-state index is 11.4. The Morgan fingerprint density at radius 3 is 1.57 bits per heavy atom. The van der Waals surface area contributed by atoms with Crippen LogP contribution in [0.5, 0.6) is 11.5 Å². The van der Waals surface area contributed by atoms with Gasteiger partial charge in [0.05, 0.1) is 4.92 Å². The summed E-state index contributed by atoms with van der Waals surface area (Å²) in [5.74, 6) is -0.537. The average Bonchev–Trinajstić information content (AvgIpc) is 2.91. The van der Waals surface area contributed by atoms with Crippen LogP contribution in [0.25, 0.3) is 11.6 Å². The summed E-state index contributed by atoms with van der Waals surface area (Å²) in [5.41, 5.74) is 3.08. The molecule has 0 N–H and O–H groups in total. The first-order valence-electron chi connectivity index (χ1n) is 10.6. The number of carbonyl (C=O) groups is 2. The molecule has 9 heteroatoms. The first-order chi connectivity index (χ1) is 17.9. The molecule has 184 valence electrons. The molecule has 0 saturated heterocycles. The molecule has 0 amide bonds. The highest BCUT2D eigenvalue weighted by molar-refractivity contribution is 5.91. The van der Waals surface area contributed by atoms with E-state index in [9.17, 15) is 19.7 Å². The van der Waals surface area contributed by atoms with Gasteiger partial charge in [0.15, 0.2) is 13.2 Å². The van der Waals surface area contributed by atoms with Crippen LogP contribution in [0, 0.1) is 35.2 Å². The van der Waals surface area contributed by atoms with E-state index in [1.165, 1.54) is 12.1 Å². The molecule has 9 nitrogen and oxygen atoms in total. The fourth-order valence-corrected chi connectivity index (χ4v) is 3.13. The maximum atomic E-state index is 11.4. The van der Waals surface area contributed by atoms with Gasteiger partial charge in [0.25, 0.3) is 5.69 Å².